The molecule has 0 spiro atoms. The van der Waals surface area contributed by atoms with Gasteiger partial charge in [0.25, 0.3) is 0 Å². The highest BCUT2D eigenvalue weighted by molar-refractivity contribution is 7.26. The molecule has 7 heteroatoms. The van der Waals surface area contributed by atoms with Crippen molar-refractivity contribution in [1.82, 2.24) is 29.5 Å². The van der Waals surface area contributed by atoms with E-state index >= 15 is 0 Å². The van der Waals surface area contributed by atoms with Crippen LogP contribution >= 0.6 is 11.3 Å². The molecule has 0 aliphatic rings. The van der Waals surface area contributed by atoms with E-state index in [0.29, 0.717) is 23.3 Å². The van der Waals surface area contributed by atoms with Crippen LogP contribution in [-0.2, 0) is 0 Å². The number of benzene rings is 9. The Morgan fingerprint density at radius 2 is 0.868 bits per heavy atom. The molecule has 0 unspecified atom stereocenters. The first-order valence-corrected chi connectivity index (χ1v) is 23.5. The third-order valence-corrected chi connectivity index (χ3v) is 13.8. The van der Waals surface area contributed by atoms with Crippen molar-refractivity contribution in [3.8, 4) is 84.7 Å². The number of fused-ring (bicyclic) bond motifs is 6. The highest BCUT2D eigenvalue weighted by Gasteiger charge is 2.21. The zero-order valence-electron chi connectivity index (χ0n) is 36.5. The summed E-state index contributed by atoms with van der Waals surface area (Å²) in [5, 5.41) is 3.45. The zero-order valence-corrected chi connectivity index (χ0v) is 37.3. The second-order valence-corrected chi connectivity index (χ2v) is 17.9. The van der Waals surface area contributed by atoms with Gasteiger partial charge in [0.15, 0.2) is 23.3 Å². The first kappa shape index (κ1) is 39.5. The van der Waals surface area contributed by atoms with Gasteiger partial charge in [0.05, 0.1) is 26.9 Å². The quantitative estimate of drug-likeness (QED) is 0.152. The molecule has 4 aromatic heterocycles. The topological polar surface area (TPSA) is 69.4 Å². The normalized spacial score (nSPS) is 11.5. The molecule has 0 aliphatic carbocycles. The monoisotopic (exact) mass is 886 g/mol. The number of nitrogens with zero attached hydrogens (tertiary/aromatic N) is 6. The van der Waals surface area contributed by atoms with Gasteiger partial charge >= 0.3 is 0 Å². The standard InChI is InChI=1S/C61H38N6S/c1-5-18-39(19-6-1)43-34-35-51-50(38-43)54-48(44-26-15-27-45(36-44)61-65-58(41-22-9-3-10-23-41)64-59(66-61)42-24-11-4-12-25-42)31-17-32-52(54)67(51)47-29-16-28-46(37-47)60-62-55(40-20-7-2-8-21-40)57-56(63-60)49-30-13-14-33-53(49)68-57/h1-38H. The van der Waals surface area contributed by atoms with Gasteiger partial charge in [-0.2, -0.15) is 0 Å². The van der Waals surface area contributed by atoms with Gasteiger partial charge in [-0.3, -0.25) is 0 Å². The van der Waals surface area contributed by atoms with E-state index in [1.807, 2.05) is 66.7 Å². The lowest BCUT2D eigenvalue weighted by molar-refractivity contribution is 1.07. The number of hydrogen-bond donors (Lipinski definition) is 0. The van der Waals surface area contributed by atoms with E-state index < -0.39 is 0 Å². The van der Waals surface area contributed by atoms with Crippen LogP contribution in [0.3, 0.4) is 0 Å². The van der Waals surface area contributed by atoms with E-state index in [2.05, 4.69) is 168 Å². The van der Waals surface area contributed by atoms with Crippen molar-refractivity contribution in [1.29, 1.82) is 0 Å². The summed E-state index contributed by atoms with van der Waals surface area (Å²) in [6.45, 7) is 0. The maximum Gasteiger partial charge on any atom is 0.164 e. The molecule has 0 aliphatic heterocycles. The molecule has 6 nitrogen and oxygen atoms in total. The second kappa shape index (κ2) is 16.5. The Bertz CT molecular complexity index is 3960. The molecule has 0 bridgehead atoms. The fraction of sp³-hybridized carbons (Fsp3) is 0. The van der Waals surface area contributed by atoms with E-state index in [-0.39, 0.29) is 0 Å². The number of thiophene rings is 1. The van der Waals surface area contributed by atoms with Gasteiger partial charge in [-0.25, -0.2) is 24.9 Å². The van der Waals surface area contributed by atoms with Crippen molar-refractivity contribution in [2.24, 2.45) is 0 Å². The van der Waals surface area contributed by atoms with Gasteiger partial charge in [-0.15, -0.1) is 11.3 Å². The molecular formula is C61H38N6S. The Hall–Kier alpha value is -8.91. The fourth-order valence-corrected chi connectivity index (χ4v) is 10.6. The van der Waals surface area contributed by atoms with E-state index in [0.717, 1.165) is 98.9 Å². The molecule has 4 heterocycles. The highest BCUT2D eigenvalue weighted by atomic mass is 32.1. The van der Waals surface area contributed by atoms with Gasteiger partial charge in [-0.05, 0) is 64.7 Å². The number of rotatable bonds is 8. The van der Waals surface area contributed by atoms with Crippen LogP contribution in [0.15, 0.2) is 231 Å². The summed E-state index contributed by atoms with van der Waals surface area (Å²) in [5.74, 6) is 2.57. The van der Waals surface area contributed by atoms with Crippen LogP contribution in [0.5, 0.6) is 0 Å². The van der Waals surface area contributed by atoms with E-state index in [1.54, 1.807) is 11.3 Å². The molecule has 0 amide bonds. The summed E-state index contributed by atoms with van der Waals surface area (Å²) in [6.07, 6.45) is 0. The van der Waals surface area contributed by atoms with Crippen LogP contribution in [0.25, 0.3) is 127 Å². The molecule has 318 valence electrons. The van der Waals surface area contributed by atoms with Crippen molar-refractivity contribution in [2.45, 2.75) is 0 Å². The molecule has 68 heavy (non-hydrogen) atoms. The van der Waals surface area contributed by atoms with Crippen molar-refractivity contribution in [2.75, 3.05) is 0 Å². The molecule has 0 atom stereocenters. The maximum atomic E-state index is 5.34. The molecule has 0 fully saturated rings. The van der Waals surface area contributed by atoms with Crippen molar-refractivity contribution in [3.05, 3.63) is 231 Å². The molecule has 9 aromatic carbocycles. The fourth-order valence-electron chi connectivity index (χ4n) is 9.46. The van der Waals surface area contributed by atoms with Gasteiger partial charge in [0.1, 0.15) is 0 Å². The Morgan fingerprint density at radius 3 is 1.57 bits per heavy atom. The first-order valence-electron chi connectivity index (χ1n) is 22.7. The molecule has 0 saturated heterocycles. The van der Waals surface area contributed by atoms with Crippen LogP contribution in [-0.4, -0.2) is 29.5 Å². The lowest BCUT2D eigenvalue weighted by Gasteiger charge is -2.12. The minimum Gasteiger partial charge on any atom is -0.309 e. The lowest BCUT2D eigenvalue weighted by atomic mass is 9.96. The summed E-state index contributed by atoms with van der Waals surface area (Å²) in [6, 6.07) is 80.5. The summed E-state index contributed by atoms with van der Waals surface area (Å²) < 4.78 is 4.68. The van der Waals surface area contributed by atoms with Crippen molar-refractivity contribution in [3.63, 3.8) is 0 Å². The average molecular weight is 887 g/mol. The first-order chi connectivity index (χ1) is 33.7. The maximum absolute atomic E-state index is 5.34. The van der Waals surface area contributed by atoms with E-state index in [1.165, 1.54) is 4.70 Å². The largest absolute Gasteiger partial charge is 0.309 e. The van der Waals surface area contributed by atoms with Crippen molar-refractivity contribution >= 4 is 53.4 Å². The predicted octanol–water partition coefficient (Wildman–Crippen LogP) is 15.8. The molecule has 0 radical (unpaired) electrons. The minimum atomic E-state index is 0.614. The van der Waals surface area contributed by atoms with E-state index in [4.69, 9.17) is 24.9 Å². The lowest BCUT2D eigenvalue weighted by Crippen LogP contribution is -2.00. The van der Waals surface area contributed by atoms with Crippen LogP contribution < -0.4 is 0 Å². The average Bonchev–Trinajstić information content (AvgIpc) is 3.97. The van der Waals surface area contributed by atoms with Crippen LogP contribution in [0.2, 0.25) is 0 Å². The highest BCUT2D eigenvalue weighted by Crippen LogP contribution is 2.43. The van der Waals surface area contributed by atoms with E-state index in [9.17, 15) is 0 Å². The van der Waals surface area contributed by atoms with Crippen LogP contribution in [0.1, 0.15) is 0 Å². The SMILES string of the molecule is c1ccc(-c2ccc3c(c2)c2c(-c4cccc(-c5nc(-c6ccccc6)nc(-c6ccccc6)n5)c4)cccc2n3-c2cccc(-c3nc(-c4ccccc4)c4sc5ccccc5c4n3)c2)cc1. The molecule has 13 rings (SSSR count). The Labute approximate surface area is 396 Å². The zero-order chi connectivity index (χ0) is 45.0. The van der Waals surface area contributed by atoms with Gasteiger partial charge < -0.3 is 4.57 Å². The van der Waals surface area contributed by atoms with Crippen molar-refractivity contribution < 1.29 is 0 Å². The molecule has 0 N–H and O–H groups in total. The molecule has 13 aromatic rings. The molecular weight excluding hydrogens is 849 g/mol. The third-order valence-electron chi connectivity index (χ3n) is 12.7. The number of aromatic nitrogens is 6. The Morgan fingerprint density at radius 1 is 0.324 bits per heavy atom. The Kier molecular flexibility index (Phi) is 9.58. The van der Waals surface area contributed by atoms with Crippen LogP contribution in [0, 0.1) is 0 Å². The summed E-state index contributed by atoms with van der Waals surface area (Å²) in [7, 11) is 0. The Balaban J connectivity index is 1.000. The summed E-state index contributed by atoms with van der Waals surface area (Å²) >= 11 is 1.75. The van der Waals surface area contributed by atoms with Crippen LogP contribution in [0.4, 0.5) is 0 Å². The van der Waals surface area contributed by atoms with Gasteiger partial charge in [-0.1, -0.05) is 188 Å². The third kappa shape index (κ3) is 6.92. The predicted molar refractivity (Wildman–Crippen MR) is 281 cm³/mol. The smallest absolute Gasteiger partial charge is 0.164 e. The van der Waals surface area contributed by atoms with Gasteiger partial charge in [0.2, 0.25) is 0 Å². The minimum absolute atomic E-state index is 0.614. The second-order valence-electron chi connectivity index (χ2n) is 16.8. The summed E-state index contributed by atoms with van der Waals surface area (Å²) in [5.41, 5.74) is 14.4. The summed E-state index contributed by atoms with van der Waals surface area (Å²) in [4.78, 5) is 25.8. The van der Waals surface area contributed by atoms with Gasteiger partial charge in [0, 0.05) is 54.4 Å². The molecule has 0 saturated carbocycles. The number of hydrogen-bond acceptors (Lipinski definition) is 6.